The Bertz CT molecular complexity index is 648. The molecule has 1 amide bonds. The fourth-order valence-electron chi connectivity index (χ4n) is 2.09. The second-order valence-electron chi connectivity index (χ2n) is 4.75. The zero-order valence-corrected chi connectivity index (χ0v) is 13.4. The van der Waals surface area contributed by atoms with E-state index in [9.17, 15) is 4.79 Å². The van der Waals surface area contributed by atoms with E-state index in [1.165, 1.54) is 0 Å². The number of carbonyl (C=O) groups is 1. The fourth-order valence-corrected chi connectivity index (χ4v) is 2.75. The van der Waals surface area contributed by atoms with Crippen LogP contribution in [0.15, 0.2) is 30.3 Å². The van der Waals surface area contributed by atoms with Crippen molar-refractivity contribution in [3.63, 3.8) is 0 Å². The van der Waals surface area contributed by atoms with Crippen molar-refractivity contribution in [3.05, 3.63) is 57.3 Å². The molecule has 0 aliphatic heterocycles. The number of hydrogen-bond donors (Lipinski definition) is 1. The van der Waals surface area contributed by atoms with E-state index in [4.69, 9.17) is 23.2 Å². The molecule has 5 heteroatoms. The zero-order valence-electron chi connectivity index (χ0n) is 11.9. The summed E-state index contributed by atoms with van der Waals surface area (Å²) in [5.41, 5.74) is 3.18. The van der Waals surface area contributed by atoms with Crippen molar-refractivity contribution in [3.8, 4) is 0 Å². The molecule has 0 spiro atoms. The van der Waals surface area contributed by atoms with Gasteiger partial charge in [-0.3, -0.25) is 4.79 Å². The van der Waals surface area contributed by atoms with E-state index in [1.54, 1.807) is 13.0 Å². The van der Waals surface area contributed by atoms with E-state index < -0.39 is 0 Å². The van der Waals surface area contributed by atoms with Gasteiger partial charge in [0.1, 0.15) is 5.15 Å². The number of aryl methyl sites for hydroxylation is 2. The van der Waals surface area contributed by atoms with Crippen LogP contribution < -0.4 is 5.32 Å². The molecule has 1 heterocycles. The third kappa shape index (κ3) is 3.96. The lowest BCUT2D eigenvalue weighted by atomic mass is 10.1. The molecule has 1 aromatic heterocycles. The maximum atomic E-state index is 12.2. The first-order chi connectivity index (χ1) is 10.0. The van der Waals surface area contributed by atoms with Crippen molar-refractivity contribution in [2.45, 2.75) is 26.7 Å². The maximum absolute atomic E-state index is 12.2. The van der Waals surface area contributed by atoms with Crippen LogP contribution in [0.4, 0.5) is 5.69 Å². The Morgan fingerprint density at radius 3 is 2.67 bits per heavy atom. The lowest BCUT2D eigenvalue weighted by Crippen LogP contribution is -2.16. The number of halogens is 2. The van der Waals surface area contributed by atoms with Crippen LogP contribution in [0.5, 0.6) is 0 Å². The van der Waals surface area contributed by atoms with Gasteiger partial charge in [-0.25, -0.2) is 4.98 Å². The van der Waals surface area contributed by atoms with Crippen molar-refractivity contribution in [2.24, 2.45) is 0 Å². The minimum Gasteiger partial charge on any atom is -0.326 e. The maximum Gasteiger partial charge on any atom is 0.228 e. The Hall–Kier alpha value is -1.58. The predicted octanol–water partition coefficient (Wildman–Crippen LogP) is 4.44. The lowest BCUT2D eigenvalue weighted by Gasteiger charge is -2.11. The SMILES string of the molecule is CCc1ccccc1NC(=O)Cc1c(Cl)cc(C)nc1Cl. The molecule has 0 saturated carbocycles. The molecular weight excluding hydrogens is 307 g/mol. The minimum absolute atomic E-state index is 0.100. The van der Waals surface area contributed by atoms with Gasteiger partial charge in [0, 0.05) is 22.0 Å². The molecule has 3 nitrogen and oxygen atoms in total. The summed E-state index contributed by atoms with van der Waals surface area (Å²) in [7, 11) is 0. The van der Waals surface area contributed by atoms with Crippen molar-refractivity contribution < 1.29 is 4.79 Å². The number of nitrogens with one attached hydrogen (secondary N) is 1. The first-order valence-corrected chi connectivity index (χ1v) is 7.46. The number of pyridine rings is 1. The highest BCUT2D eigenvalue weighted by Crippen LogP contribution is 2.25. The van der Waals surface area contributed by atoms with Crippen LogP contribution in [0.1, 0.15) is 23.7 Å². The number of carbonyl (C=O) groups excluding carboxylic acids is 1. The highest BCUT2D eigenvalue weighted by Gasteiger charge is 2.14. The smallest absolute Gasteiger partial charge is 0.228 e. The number of para-hydroxylation sites is 1. The van der Waals surface area contributed by atoms with Crippen LogP contribution in [0.2, 0.25) is 10.2 Å². The number of benzene rings is 1. The van der Waals surface area contributed by atoms with Gasteiger partial charge in [-0.1, -0.05) is 48.3 Å². The molecule has 0 bridgehead atoms. The van der Waals surface area contributed by atoms with Crippen LogP contribution in [-0.4, -0.2) is 10.9 Å². The van der Waals surface area contributed by atoms with Gasteiger partial charge < -0.3 is 5.32 Å². The van der Waals surface area contributed by atoms with Gasteiger partial charge in [0.2, 0.25) is 5.91 Å². The van der Waals surface area contributed by atoms with E-state index in [-0.39, 0.29) is 17.5 Å². The van der Waals surface area contributed by atoms with Gasteiger partial charge in [-0.05, 0) is 31.0 Å². The molecule has 2 aromatic rings. The van der Waals surface area contributed by atoms with Gasteiger partial charge in [0.15, 0.2) is 0 Å². The predicted molar refractivity (Wildman–Crippen MR) is 87.1 cm³/mol. The average Bonchev–Trinajstić information content (AvgIpc) is 2.43. The van der Waals surface area contributed by atoms with Crippen LogP contribution in [0.3, 0.4) is 0 Å². The van der Waals surface area contributed by atoms with Crippen molar-refractivity contribution in [2.75, 3.05) is 5.32 Å². The monoisotopic (exact) mass is 322 g/mol. The second-order valence-corrected chi connectivity index (χ2v) is 5.52. The second kappa shape index (κ2) is 6.92. The highest BCUT2D eigenvalue weighted by molar-refractivity contribution is 6.35. The molecular formula is C16H16Cl2N2O. The Morgan fingerprint density at radius 2 is 2.00 bits per heavy atom. The van der Waals surface area contributed by atoms with Gasteiger partial charge in [-0.15, -0.1) is 0 Å². The topological polar surface area (TPSA) is 42.0 Å². The molecule has 110 valence electrons. The van der Waals surface area contributed by atoms with Gasteiger partial charge >= 0.3 is 0 Å². The summed E-state index contributed by atoms with van der Waals surface area (Å²) in [4.78, 5) is 16.3. The quantitative estimate of drug-likeness (QED) is 0.845. The highest BCUT2D eigenvalue weighted by atomic mass is 35.5. The van der Waals surface area contributed by atoms with Crippen LogP contribution in [0, 0.1) is 6.92 Å². The summed E-state index contributed by atoms with van der Waals surface area (Å²) < 4.78 is 0. The third-order valence-electron chi connectivity index (χ3n) is 3.16. The first kappa shape index (κ1) is 15.8. The molecule has 2 rings (SSSR count). The van der Waals surface area contributed by atoms with Crippen molar-refractivity contribution in [1.82, 2.24) is 4.98 Å². The zero-order chi connectivity index (χ0) is 15.4. The first-order valence-electron chi connectivity index (χ1n) is 6.70. The largest absolute Gasteiger partial charge is 0.326 e. The number of amides is 1. The van der Waals surface area contributed by atoms with Gasteiger partial charge in [-0.2, -0.15) is 0 Å². The van der Waals surface area contributed by atoms with E-state index in [1.807, 2.05) is 31.2 Å². The number of aromatic nitrogens is 1. The van der Waals surface area contributed by atoms with Gasteiger partial charge in [0.25, 0.3) is 0 Å². The Morgan fingerprint density at radius 1 is 1.29 bits per heavy atom. The summed E-state index contributed by atoms with van der Waals surface area (Å²) in [5.74, 6) is -0.162. The average molecular weight is 323 g/mol. The number of hydrogen-bond acceptors (Lipinski definition) is 2. The molecule has 1 N–H and O–H groups in total. The minimum atomic E-state index is -0.162. The van der Waals surface area contributed by atoms with Crippen LogP contribution >= 0.6 is 23.2 Å². The van der Waals surface area contributed by atoms with E-state index in [0.717, 1.165) is 23.4 Å². The van der Waals surface area contributed by atoms with E-state index in [0.29, 0.717) is 10.6 Å². The molecule has 0 atom stereocenters. The number of nitrogens with zero attached hydrogens (tertiary/aromatic N) is 1. The van der Waals surface area contributed by atoms with Crippen LogP contribution in [0.25, 0.3) is 0 Å². The Kier molecular flexibility index (Phi) is 5.21. The summed E-state index contributed by atoms with van der Waals surface area (Å²) in [5, 5.41) is 3.64. The lowest BCUT2D eigenvalue weighted by molar-refractivity contribution is -0.115. The summed E-state index contributed by atoms with van der Waals surface area (Å²) in [6, 6.07) is 9.42. The molecule has 0 aliphatic rings. The summed E-state index contributed by atoms with van der Waals surface area (Å²) in [6.45, 7) is 3.85. The molecule has 0 saturated heterocycles. The molecule has 21 heavy (non-hydrogen) atoms. The molecule has 0 radical (unpaired) electrons. The number of anilines is 1. The van der Waals surface area contributed by atoms with Crippen LogP contribution in [-0.2, 0) is 17.6 Å². The number of rotatable bonds is 4. The van der Waals surface area contributed by atoms with E-state index >= 15 is 0 Å². The molecule has 1 aromatic carbocycles. The van der Waals surface area contributed by atoms with Gasteiger partial charge in [0.05, 0.1) is 6.42 Å². The molecule has 0 unspecified atom stereocenters. The Balaban J connectivity index is 2.16. The van der Waals surface area contributed by atoms with Crippen molar-refractivity contribution >= 4 is 34.8 Å². The molecule has 0 fully saturated rings. The summed E-state index contributed by atoms with van der Waals surface area (Å²) >= 11 is 12.2. The normalized spacial score (nSPS) is 10.5. The van der Waals surface area contributed by atoms with Crippen molar-refractivity contribution in [1.29, 1.82) is 0 Å². The summed E-state index contributed by atoms with van der Waals surface area (Å²) in [6.07, 6.45) is 0.951. The molecule has 0 aliphatic carbocycles. The fraction of sp³-hybridized carbons (Fsp3) is 0.250. The Labute approximate surface area is 134 Å². The standard InChI is InChI=1S/C16H16Cl2N2O/c1-3-11-6-4-5-7-14(11)20-15(21)9-12-13(17)8-10(2)19-16(12)18/h4-8H,3,9H2,1-2H3,(H,20,21). The third-order valence-corrected chi connectivity index (χ3v) is 3.81. The van der Waals surface area contributed by atoms with E-state index in [2.05, 4.69) is 10.3 Å².